The molecule has 0 spiro atoms. The van der Waals surface area contributed by atoms with Gasteiger partial charge in [0.15, 0.2) is 0 Å². The third kappa shape index (κ3) is 5.84. The van der Waals surface area contributed by atoms with Crippen molar-refractivity contribution in [3.63, 3.8) is 0 Å². The third-order valence-corrected chi connectivity index (χ3v) is 5.52. The number of halogens is 3. The summed E-state index contributed by atoms with van der Waals surface area (Å²) >= 11 is 0. The molecule has 0 aromatic carbocycles. The van der Waals surface area contributed by atoms with Crippen LogP contribution < -0.4 is 0 Å². The second kappa shape index (κ2) is 8.93. The number of nitrogens with zero attached hydrogens (tertiary/aromatic N) is 2. The Bertz CT molecular complexity index is 567. The zero-order valence-corrected chi connectivity index (χ0v) is 15.5. The Morgan fingerprint density at radius 2 is 1.70 bits per heavy atom. The maximum atomic E-state index is 12.8. The third-order valence-electron chi connectivity index (χ3n) is 5.52. The van der Waals surface area contributed by atoms with Crippen molar-refractivity contribution in [3.05, 3.63) is 0 Å². The number of hydrogen-bond donors (Lipinski definition) is 1. The number of alkyl halides is 3. The van der Waals surface area contributed by atoms with Gasteiger partial charge in [-0.2, -0.15) is 13.2 Å². The van der Waals surface area contributed by atoms with Crippen LogP contribution in [0.4, 0.5) is 13.2 Å². The number of rotatable bonds is 5. The van der Waals surface area contributed by atoms with Crippen molar-refractivity contribution >= 4 is 17.8 Å². The van der Waals surface area contributed by atoms with Crippen LogP contribution in [-0.2, 0) is 14.4 Å². The fourth-order valence-corrected chi connectivity index (χ4v) is 4.10. The molecule has 9 heteroatoms. The van der Waals surface area contributed by atoms with Crippen LogP contribution in [0, 0.1) is 17.8 Å². The molecule has 154 valence electrons. The summed E-state index contributed by atoms with van der Waals surface area (Å²) in [5, 5.41) is 9.18. The predicted octanol–water partition coefficient (Wildman–Crippen LogP) is 2.53. The van der Waals surface area contributed by atoms with Gasteiger partial charge in [-0.1, -0.05) is 6.42 Å². The summed E-state index contributed by atoms with van der Waals surface area (Å²) in [7, 11) is 0. The Morgan fingerprint density at radius 3 is 2.30 bits per heavy atom. The number of likely N-dealkylation sites (tertiary alicyclic amines) is 1. The van der Waals surface area contributed by atoms with Gasteiger partial charge in [-0.3, -0.25) is 14.4 Å². The highest BCUT2D eigenvalue weighted by Crippen LogP contribution is 2.32. The standard InChI is InChI=1S/C18H27F3N2O4/c1-2-22(11-18(19,20)21)16(25)14-7-4-8-23(10-14)15(24)12-5-3-6-13(9-12)17(26)27/h12-14H,2-11H2,1H3,(H,26,27). The second-order valence-electron chi connectivity index (χ2n) is 7.49. The average molecular weight is 392 g/mol. The van der Waals surface area contributed by atoms with Crippen LogP contribution in [-0.4, -0.2) is 65.0 Å². The van der Waals surface area contributed by atoms with Crippen molar-refractivity contribution in [3.8, 4) is 0 Å². The summed E-state index contributed by atoms with van der Waals surface area (Å²) in [6.45, 7) is 0.757. The van der Waals surface area contributed by atoms with E-state index in [0.717, 1.165) is 4.90 Å². The quantitative estimate of drug-likeness (QED) is 0.780. The lowest BCUT2D eigenvalue weighted by Crippen LogP contribution is -2.50. The van der Waals surface area contributed by atoms with Crippen LogP contribution in [0.1, 0.15) is 45.4 Å². The van der Waals surface area contributed by atoms with Gasteiger partial charge in [0.1, 0.15) is 6.54 Å². The topological polar surface area (TPSA) is 77.9 Å². The highest BCUT2D eigenvalue weighted by atomic mass is 19.4. The van der Waals surface area contributed by atoms with Gasteiger partial charge in [-0.25, -0.2) is 0 Å². The molecule has 2 amide bonds. The minimum atomic E-state index is -4.45. The van der Waals surface area contributed by atoms with E-state index < -0.39 is 36.4 Å². The molecule has 1 heterocycles. The van der Waals surface area contributed by atoms with Crippen LogP contribution in [0.25, 0.3) is 0 Å². The van der Waals surface area contributed by atoms with E-state index in [9.17, 15) is 32.7 Å². The molecule has 0 aromatic heterocycles. The van der Waals surface area contributed by atoms with Gasteiger partial charge in [0.05, 0.1) is 11.8 Å². The zero-order chi connectivity index (χ0) is 20.2. The molecule has 1 saturated carbocycles. The number of piperidine rings is 1. The normalized spacial score (nSPS) is 26.5. The van der Waals surface area contributed by atoms with Gasteiger partial charge >= 0.3 is 12.1 Å². The van der Waals surface area contributed by atoms with Crippen LogP contribution in [0.5, 0.6) is 0 Å². The largest absolute Gasteiger partial charge is 0.481 e. The van der Waals surface area contributed by atoms with Crippen molar-refractivity contribution in [2.45, 2.75) is 51.6 Å². The first-order chi connectivity index (χ1) is 12.6. The van der Waals surface area contributed by atoms with Gasteiger partial charge < -0.3 is 14.9 Å². The number of aliphatic carboxylic acids is 1. The molecule has 3 atom stereocenters. The molecule has 2 rings (SSSR count). The van der Waals surface area contributed by atoms with E-state index in [-0.39, 0.29) is 24.9 Å². The molecule has 27 heavy (non-hydrogen) atoms. The van der Waals surface area contributed by atoms with Crippen molar-refractivity contribution < 1.29 is 32.7 Å². The number of hydrogen-bond acceptors (Lipinski definition) is 3. The Kier molecular flexibility index (Phi) is 7.11. The summed E-state index contributed by atoms with van der Waals surface area (Å²) in [6.07, 6.45) is -1.31. The van der Waals surface area contributed by atoms with E-state index >= 15 is 0 Å². The van der Waals surface area contributed by atoms with E-state index in [1.54, 1.807) is 4.90 Å². The van der Waals surface area contributed by atoms with Crippen LogP contribution in [0.2, 0.25) is 0 Å². The molecule has 2 fully saturated rings. The van der Waals surface area contributed by atoms with Crippen molar-refractivity contribution in [1.29, 1.82) is 0 Å². The lowest BCUT2D eigenvalue weighted by Gasteiger charge is -2.37. The Labute approximate surface area is 156 Å². The van der Waals surface area contributed by atoms with Crippen LogP contribution in [0.3, 0.4) is 0 Å². The summed E-state index contributed by atoms with van der Waals surface area (Å²) in [5.41, 5.74) is 0. The van der Waals surface area contributed by atoms with Crippen LogP contribution in [0.15, 0.2) is 0 Å². The van der Waals surface area contributed by atoms with Gasteiger partial charge in [0.2, 0.25) is 11.8 Å². The molecule has 1 N–H and O–H groups in total. The van der Waals surface area contributed by atoms with Gasteiger partial charge in [-0.05, 0) is 39.0 Å². The van der Waals surface area contributed by atoms with Crippen molar-refractivity contribution in [2.75, 3.05) is 26.2 Å². The molecule has 0 aromatic rings. The number of carbonyl (C=O) groups excluding carboxylic acids is 2. The molecule has 0 bridgehead atoms. The van der Waals surface area contributed by atoms with E-state index in [1.807, 2.05) is 0 Å². The fourth-order valence-electron chi connectivity index (χ4n) is 4.10. The summed E-state index contributed by atoms with van der Waals surface area (Å²) in [5.74, 6) is -3.19. The summed E-state index contributed by atoms with van der Waals surface area (Å²) in [6, 6.07) is 0. The molecule has 6 nitrogen and oxygen atoms in total. The fraction of sp³-hybridized carbons (Fsp3) is 0.833. The first-order valence-electron chi connectivity index (χ1n) is 9.49. The maximum absolute atomic E-state index is 12.8. The average Bonchev–Trinajstić information content (AvgIpc) is 2.64. The highest BCUT2D eigenvalue weighted by Gasteiger charge is 2.39. The van der Waals surface area contributed by atoms with Crippen LogP contribution >= 0.6 is 0 Å². The molecular formula is C18H27F3N2O4. The lowest BCUT2D eigenvalue weighted by molar-refractivity contribution is -0.165. The van der Waals surface area contributed by atoms with Crippen molar-refractivity contribution in [1.82, 2.24) is 9.80 Å². The van der Waals surface area contributed by atoms with Gasteiger partial charge in [0.25, 0.3) is 0 Å². The number of amides is 2. The molecule has 3 unspecified atom stereocenters. The molecule has 2 aliphatic rings. The van der Waals surface area contributed by atoms with E-state index in [1.165, 1.54) is 6.92 Å². The molecule has 0 radical (unpaired) electrons. The van der Waals surface area contributed by atoms with E-state index in [4.69, 9.17) is 0 Å². The number of carbonyl (C=O) groups is 3. The number of carboxylic acid groups (broad SMARTS) is 1. The maximum Gasteiger partial charge on any atom is 0.406 e. The molecule has 1 aliphatic carbocycles. The lowest BCUT2D eigenvalue weighted by atomic mass is 9.80. The monoisotopic (exact) mass is 392 g/mol. The van der Waals surface area contributed by atoms with Crippen molar-refractivity contribution in [2.24, 2.45) is 17.8 Å². The Balaban J connectivity index is 1.99. The number of carboxylic acids is 1. The van der Waals surface area contributed by atoms with E-state index in [2.05, 4.69) is 0 Å². The smallest absolute Gasteiger partial charge is 0.406 e. The first-order valence-corrected chi connectivity index (χ1v) is 9.49. The SMILES string of the molecule is CCN(CC(F)(F)F)C(=O)C1CCCN(C(=O)C2CCCC(C(=O)O)C2)C1. The first kappa shape index (κ1) is 21.5. The second-order valence-corrected chi connectivity index (χ2v) is 7.49. The Hall–Kier alpha value is -1.80. The molecule has 1 saturated heterocycles. The zero-order valence-electron chi connectivity index (χ0n) is 15.5. The Morgan fingerprint density at radius 1 is 1.07 bits per heavy atom. The minimum absolute atomic E-state index is 0.0360. The minimum Gasteiger partial charge on any atom is -0.481 e. The molecular weight excluding hydrogens is 365 g/mol. The highest BCUT2D eigenvalue weighted by molar-refractivity contribution is 5.83. The van der Waals surface area contributed by atoms with E-state index in [0.29, 0.717) is 45.1 Å². The molecule has 1 aliphatic heterocycles. The summed E-state index contributed by atoms with van der Waals surface area (Å²) in [4.78, 5) is 38.8. The predicted molar refractivity (Wildman–Crippen MR) is 90.7 cm³/mol. The van der Waals surface area contributed by atoms with Gasteiger partial charge in [-0.15, -0.1) is 0 Å². The van der Waals surface area contributed by atoms with Gasteiger partial charge in [0, 0.05) is 25.6 Å². The summed E-state index contributed by atoms with van der Waals surface area (Å²) < 4.78 is 38.0.